The molecule has 8 nitrogen and oxygen atoms in total. The van der Waals surface area contributed by atoms with Gasteiger partial charge in [0.05, 0.1) is 6.04 Å². The summed E-state index contributed by atoms with van der Waals surface area (Å²) in [4.78, 5) is 4.52. The van der Waals surface area contributed by atoms with Gasteiger partial charge in [0.25, 0.3) is 0 Å². The standard InChI is InChI=1S/C15H18N8S/c1-9-16-17-12-5-6-13(20-23(9)12)22-7-11(8-22)21(2)15-19-18-14(24-15)10-3-4-10/h5-6,10-11H,3-4,7-8H2,1-2H3. The SMILES string of the molecule is Cc1nnc2ccc(N3CC(N(C)c4nnc(C5CC5)s4)C3)nn12. The summed E-state index contributed by atoms with van der Waals surface area (Å²) in [6.07, 6.45) is 2.54. The van der Waals surface area contributed by atoms with Gasteiger partial charge in [0.15, 0.2) is 11.5 Å². The minimum atomic E-state index is 0.449. The summed E-state index contributed by atoms with van der Waals surface area (Å²) >= 11 is 1.74. The van der Waals surface area contributed by atoms with E-state index in [0.717, 1.165) is 35.5 Å². The molecule has 0 unspecified atom stereocenters. The van der Waals surface area contributed by atoms with E-state index in [9.17, 15) is 0 Å². The van der Waals surface area contributed by atoms with Crippen LogP contribution in [0.25, 0.3) is 5.65 Å². The second-order valence-electron chi connectivity index (χ2n) is 6.58. The number of nitrogens with zero attached hydrogens (tertiary/aromatic N) is 8. The molecule has 0 spiro atoms. The number of hydrogen-bond donors (Lipinski definition) is 0. The smallest absolute Gasteiger partial charge is 0.208 e. The largest absolute Gasteiger partial charge is 0.351 e. The fraction of sp³-hybridized carbons (Fsp3) is 0.533. The van der Waals surface area contributed by atoms with E-state index in [4.69, 9.17) is 0 Å². The normalized spacial score (nSPS) is 18.2. The van der Waals surface area contributed by atoms with Crippen molar-refractivity contribution in [3.8, 4) is 0 Å². The number of anilines is 2. The number of likely N-dealkylation sites (N-methyl/N-ethyl adjacent to an activating group) is 1. The van der Waals surface area contributed by atoms with Crippen molar-refractivity contribution < 1.29 is 0 Å². The van der Waals surface area contributed by atoms with Gasteiger partial charge in [-0.15, -0.1) is 25.5 Å². The minimum Gasteiger partial charge on any atom is -0.351 e. The van der Waals surface area contributed by atoms with Gasteiger partial charge in [-0.05, 0) is 31.9 Å². The van der Waals surface area contributed by atoms with E-state index >= 15 is 0 Å². The Labute approximate surface area is 143 Å². The summed E-state index contributed by atoms with van der Waals surface area (Å²) in [5.74, 6) is 2.44. The van der Waals surface area contributed by atoms with Crippen LogP contribution >= 0.6 is 11.3 Å². The summed E-state index contributed by atoms with van der Waals surface area (Å²) in [5.41, 5.74) is 0.784. The van der Waals surface area contributed by atoms with Crippen LogP contribution in [0.2, 0.25) is 0 Å². The lowest BCUT2D eigenvalue weighted by molar-refractivity contribution is 0.488. The number of rotatable bonds is 4. The average Bonchev–Trinajstić information content (AvgIpc) is 3.16. The van der Waals surface area contributed by atoms with Crippen molar-refractivity contribution in [2.24, 2.45) is 0 Å². The zero-order valence-corrected chi connectivity index (χ0v) is 14.4. The van der Waals surface area contributed by atoms with Crippen LogP contribution < -0.4 is 9.80 Å². The highest BCUT2D eigenvalue weighted by atomic mass is 32.1. The zero-order chi connectivity index (χ0) is 16.3. The third-order valence-electron chi connectivity index (χ3n) is 4.80. The van der Waals surface area contributed by atoms with Gasteiger partial charge in [-0.2, -0.15) is 4.52 Å². The Kier molecular flexibility index (Phi) is 2.99. The second kappa shape index (κ2) is 5.10. The van der Waals surface area contributed by atoms with E-state index in [2.05, 4.69) is 42.3 Å². The molecule has 0 N–H and O–H groups in total. The molecule has 1 saturated heterocycles. The molecule has 3 aromatic heterocycles. The highest BCUT2D eigenvalue weighted by Gasteiger charge is 2.34. The van der Waals surface area contributed by atoms with Gasteiger partial charge in [0, 0.05) is 26.1 Å². The van der Waals surface area contributed by atoms with Gasteiger partial charge in [-0.25, -0.2) is 0 Å². The maximum Gasteiger partial charge on any atom is 0.208 e. The molecular weight excluding hydrogens is 324 g/mol. The Bertz CT molecular complexity index is 892. The van der Waals surface area contributed by atoms with Crippen molar-refractivity contribution in [2.45, 2.75) is 31.7 Å². The van der Waals surface area contributed by atoms with Crippen molar-refractivity contribution in [1.29, 1.82) is 0 Å². The van der Waals surface area contributed by atoms with Gasteiger partial charge in [0.2, 0.25) is 5.13 Å². The molecule has 0 amide bonds. The molecule has 24 heavy (non-hydrogen) atoms. The Balaban J connectivity index is 1.28. The number of aromatic nitrogens is 6. The van der Waals surface area contributed by atoms with E-state index in [0.29, 0.717) is 12.0 Å². The molecule has 2 aliphatic rings. The van der Waals surface area contributed by atoms with Crippen molar-refractivity contribution in [3.05, 3.63) is 23.0 Å². The lowest BCUT2D eigenvalue weighted by Crippen LogP contribution is -2.59. The van der Waals surface area contributed by atoms with Crippen LogP contribution in [-0.4, -0.2) is 56.2 Å². The van der Waals surface area contributed by atoms with E-state index in [-0.39, 0.29) is 0 Å². The fourth-order valence-electron chi connectivity index (χ4n) is 2.96. The van der Waals surface area contributed by atoms with Crippen LogP contribution in [0.15, 0.2) is 12.1 Å². The van der Waals surface area contributed by atoms with Crippen LogP contribution in [0.3, 0.4) is 0 Å². The molecule has 1 saturated carbocycles. The minimum absolute atomic E-state index is 0.449. The fourth-order valence-corrected chi connectivity index (χ4v) is 4.01. The molecule has 1 aliphatic carbocycles. The summed E-state index contributed by atoms with van der Waals surface area (Å²) in [6.45, 7) is 3.79. The van der Waals surface area contributed by atoms with Crippen LogP contribution in [0.1, 0.15) is 29.6 Å². The second-order valence-corrected chi connectivity index (χ2v) is 7.56. The van der Waals surface area contributed by atoms with Crippen LogP contribution in [0, 0.1) is 6.92 Å². The average molecular weight is 342 g/mol. The topological polar surface area (TPSA) is 75.3 Å². The van der Waals surface area contributed by atoms with Gasteiger partial charge >= 0.3 is 0 Å². The van der Waals surface area contributed by atoms with Crippen molar-refractivity contribution in [1.82, 2.24) is 30.0 Å². The maximum absolute atomic E-state index is 4.63. The Morgan fingerprint density at radius 2 is 1.96 bits per heavy atom. The first-order chi connectivity index (χ1) is 11.7. The van der Waals surface area contributed by atoms with Crippen molar-refractivity contribution in [3.63, 3.8) is 0 Å². The highest BCUT2D eigenvalue weighted by Crippen LogP contribution is 2.42. The third kappa shape index (κ3) is 2.22. The predicted octanol–water partition coefficient (Wildman–Crippen LogP) is 1.49. The van der Waals surface area contributed by atoms with Gasteiger partial charge in [0.1, 0.15) is 10.8 Å². The Morgan fingerprint density at radius 1 is 1.12 bits per heavy atom. The Hall–Kier alpha value is -2.29. The van der Waals surface area contributed by atoms with Crippen molar-refractivity contribution >= 4 is 27.9 Å². The molecule has 0 aromatic carbocycles. The quantitative estimate of drug-likeness (QED) is 0.711. The lowest BCUT2D eigenvalue weighted by Gasteiger charge is -2.44. The third-order valence-corrected chi connectivity index (χ3v) is 5.97. The highest BCUT2D eigenvalue weighted by molar-refractivity contribution is 7.15. The van der Waals surface area contributed by atoms with E-state index in [1.165, 1.54) is 17.8 Å². The molecule has 5 rings (SSSR count). The molecule has 1 aliphatic heterocycles. The molecule has 2 fully saturated rings. The summed E-state index contributed by atoms with van der Waals surface area (Å²) in [6, 6.07) is 4.42. The lowest BCUT2D eigenvalue weighted by atomic mass is 10.1. The molecule has 124 valence electrons. The first kappa shape index (κ1) is 14.1. The molecule has 0 atom stereocenters. The molecule has 4 heterocycles. The number of hydrogen-bond acceptors (Lipinski definition) is 8. The molecule has 0 bridgehead atoms. The van der Waals surface area contributed by atoms with E-state index in [1.54, 1.807) is 15.9 Å². The van der Waals surface area contributed by atoms with Gasteiger partial charge < -0.3 is 9.80 Å². The van der Waals surface area contributed by atoms with Crippen LogP contribution in [-0.2, 0) is 0 Å². The first-order valence-corrected chi connectivity index (χ1v) is 9.01. The van der Waals surface area contributed by atoms with Crippen LogP contribution in [0.5, 0.6) is 0 Å². The molecule has 9 heteroatoms. The molecule has 3 aromatic rings. The molecule has 0 radical (unpaired) electrons. The monoisotopic (exact) mass is 342 g/mol. The predicted molar refractivity (Wildman–Crippen MR) is 91.8 cm³/mol. The number of fused-ring (bicyclic) bond motifs is 1. The Morgan fingerprint density at radius 3 is 2.75 bits per heavy atom. The van der Waals surface area contributed by atoms with E-state index < -0.39 is 0 Å². The van der Waals surface area contributed by atoms with Gasteiger partial charge in [-0.3, -0.25) is 0 Å². The van der Waals surface area contributed by atoms with E-state index in [1.807, 2.05) is 19.1 Å². The maximum atomic E-state index is 4.63. The van der Waals surface area contributed by atoms with Gasteiger partial charge in [-0.1, -0.05) is 11.3 Å². The summed E-state index contributed by atoms with van der Waals surface area (Å²) < 4.78 is 1.79. The van der Waals surface area contributed by atoms with Crippen molar-refractivity contribution in [2.75, 3.05) is 29.9 Å². The number of aryl methyl sites for hydroxylation is 1. The summed E-state index contributed by atoms with van der Waals surface area (Å²) in [7, 11) is 2.11. The van der Waals surface area contributed by atoms with Crippen LogP contribution in [0.4, 0.5) is 10.9 Å². The zero-order valence-electron chi connectivity index (χ0n) is 13.6. The first-order valence-electron chi connectivity index (χ1n) is 8.19. The molecular formula is C15H18N8S. The summed E-state index contributed by atoms with van der Waals surface area (Å²) in [5, 5.41) is 23.7.